The van der Waals surface area contributed by atoms with Crippen molar-refractivity contribution in [2.45, 2.75) is 33.2 Å². The Morgan fingerprint density at radius 1 is 1.20 bits per heavy atom. The molecule has 1 N–H and O–H groups in total. The van der Waals surface area contributed by atoms with Crippen LogP contribution < -0.4 is 5.32 Å². The Hall–Kier alpha value is -1.36. The van der Waals surface area contributed by atoms with E-state index < -0.39 is 0 Å². The molecule has 136 valence electrons. The first-order chi connectivity index (χ1) is 11.1. The Kier molecular flexibility index (Phi) is 5.97. The Morgan fingerprint density at radius 3 is 2.72 bits per heavy atom. The fourth-order valence-corrected chi connectivity index (χ4v) is 4.12. The highest BCUT2D eigenvalue weighted by Crippen LogP contribution is 2.32. The van der Waals surface area contributed by atoms with E-state index in [0.29, 0.717) is 12.0 Å². The third-order valence-electron chi connectivity index (χ3n) is 5.55. The lowest BCUT2D eigenvalue weighted by Crippen LogP contribution is -2.39. The van der Waals surface area contributed by atoms with Gasteiger partial charge in [0, 0.05) is 36.8 Å². The number of amides is 1. The third kappa shape index (κ3) is 3.23. The largest absolute Gasteiger partial charge is 0.334 e. The smallest absolute Gasteiger partial charge is 0.255 e. The highest BCUT2D eigenvalue weighted by molar-refractivity contribution is 6.08. The molecule has 2 saturated heterocycles. The Morgan fingerprint density at radius 2 is 1.96 bits per heavy atom. The lowest BCUT2D eigenvalue weighted by atomic mass is 9.98. The van der Waals surface area contributed by atoms with E-state index in [-0.39, 0.29) is 30.7 Å². The van der Waals surface area contributed by atoms with Crippen LogP contribution in [0.1, 0.15) is 33.6 Å². The molecule has 0 spiro atoms. The summed E-state index contributed by atoms with van der Waals surface area (Å²) < 4.78 is 0. The Balaban J connectivity index is 0.00000113. The van der Waals surface area contributed by atoms with Crippen molar-refractivity contribution in [1.29, 1.82) is 0 Å². The topological polar surface area (TPSA) is 45.2 Å². The van der Waals surface area contributed by atoms with Crippen molar-refractivity contribution in [3.63, 3.8) is 0 Å². The molecule has 2 atom stereocenters. The maximum Gasteiger partial charge on any atom is 0.255 e. The van der Waals surface area contributed by atoms with Crippen LogP contribution in [0, 0.1) is 26.7 Å². The van der Waals surface area contributed by atoms with Gasteiger partial charge in [0.25, 0.3) is 5.91 Å². The molecule has 6 heteroatoms. The number of halogens is 2. The second kappa shape index (κ2) is 7.48. The summed E-state index contributed by atoms with van der Waals surface area (Å²) in [6.07, 6.45) is 1.11. The maximum absolute atomic E-state index is 13.4. The number of hydrogen-bond donors (Lipinski definition) is 1. The van der Waals surface area contributed by atoms with Crippen LogP contribution in [0.2, 0.25) is 0 Å². The SMILES string of the molecule is Cc1ccc2nc(C)c(C)c(C(=O)N3CC[C@H]4CNC[C@H]43)c2c1.Cl.Cl. The van der Waals surface area contributed by atoms with Crippen molar-refractivity contribution >= 4 is 41.6 Å². The van der Waals surface area contributed by atoms with Crippen LogP contribution in [0.15, 0.2) is 18.2 Å². The van der Waals surface area contributed by atoms with Gasteiger partial charge in [0.15, 0.2) is 0 Å². The van der Waals surface area contributed by atoms with Crippen LogP contribution in [0.3, 0.4) is 0 Å². The molecule has 0 aliphatic carbocycles. The minimum absolute atomic E-state index is 0. The third-order valence-corrected chi connectivity index (χ3v) is 5.55. The molecule has 4 rings (SSSR count). The average Bonchev–Trinajstić information content (AvgIpc) is 3.11. The number of rotatable bonds is 1. The summed E-state index contributed by atoms with van der Waals surface area (Å²) in [5, 5.41) is 4.42. The molecule has 2 aliphatic heterocycles. The number of benzene rings is 1. The average molecular weight is 382 g/mol. The summed E-state index contributed by atoms with van der Waals surface area (Å²) in [7, 11) is 0. The van der Waals surface area contributed by atoms with Crippen LogP contribution in [0.4, 0.5) is 0 Å². The van der Waals surface area contributed by atoms with Crippen LogP contribution in [0.5, 0.6) is 0 Å². The monoisotopic (exact) mass is 381 g/mol. The minimum atomic E-state index is 0. The zero-order valence-electron chi connectivity index (χ0n) is 14.8. The highest BCUT2D eigenvalue weighted by Gasteiger charge is 2.40. The predicted octanol–water partition coefficient (Wildman–Crippen LogP) is 3.44. The van der Waals surface area contributed by atoms with Crippen LogP contribution in [-0.2, 0) is 0 Å². The quantitative estimate of drug-likeness (QED) is 0.822. The molecule has 2 aromatic rings. The van der Waals surface area contributed by atoms with Crippen LogP contribution >= 0.6 is 24.8 Å². The van der Waals surface area contributed by atoms with Gasteiger partial charge in [-0.1, -0.05) is 11.6 Å². The number of hydrogen-bond acceptors (Lipinski definition) is 3. The van der Waals surface area contributed by atoms with Crippen LogP contribution in [-0.4, -0.2) is 41.5 Å². The summed E-state index contributed by atoms with van der Waals surface area (Å²) in [4.78, 5) is 20.1. The number of aromatic nitrogens is 1. The summed E-state index contributed by atoms with van der Waals surface area (Å²) in [6.45, 7) is 8.94. The van der Waals surface area contributed by atoms with E-state index in [2.05, 4.69) is 34.3 Å². The number of nitrogens with one attached hydrogen (secondary N) is 1. The van der Waals surface area contributed by atoms with Crippen molar-refractivity contribution in [3.8, 4) is 0 Å². The van der Waals surface area contributed by atoms with E-state index in [0.717, 1.165) is 53.8 Å². The van der Waals surface area contributed by atoms with Gasteiger partial charge < -0.3 is 10.2 Å². The minimum Gasteiger partial charge on any atom is -0.334 e. The Labute approximate surface area is 161 Å². The van der Waals surface area contributed by atoms with E-state index in [4.69, 9.17) is 0 Å². The first-order valence-corrected chi connectivity index (χ1v) is 8.45. The lowest BCUT2D eigenvalue weighted by molar-refractivity contribution is 0.0738. The number of carbonyl (C=O) groups excluding carboxylic acids is 1. The van der Waals surface area contributed by atoms with E-state index in [1.54, 1.807) is 0 Å². The van der Waals surface area contributed by atoms with Gasteiger partial charge in [-0.05, 0) is 50.8 Å². The number of likely N-dealkylation sites (tertiary alicyclic amines) is 1. The number of pyridine rings is 1. The first-order valence-electron chi connectivity index (χ1n) is 8.45. The normalized spacial score (nSPS) is 21.6. The fraction of sp³-hybridized carbons (Fsp3) is 0.474. The van der Waals surface area contributed by atoms with Gasteiger partial charge in [-0.2, -0.15) is 0 Å². The van der Waals surface area contributed by atoms with Gasteiger partial charge in [-0.15, -0.1) is 24.8 Å². The lowest BCUT2D eigenvalue weighted by Gasteiger charge is -2.25. The first kappa shape index (κ1) is 20.0. The molecule has 1 aromatic heterocycles. The van der Waals surface area contributed by atoms with E-state index in [1.165, 1.54) is 5.56 Å². The summed E-state index contributed by atoms with van der Waals surface area (Å²) in [5.74, 6) is 0.801. The summed E-state index contributed by atoms with van der Waals surface area (Å²) in [6, 6.07) is 6.54. The second-order valence-corrected chi connectivity index (χ2v) is 6.99. The van der Waals surface area contributed by atoms with Gasteiger partial charge in [0.05, 0.1) is 11.1 Å². The number of nitrogens with zero attached hydrogens (tertiary/aromatic N) is 2. The molecule has 0 bridgehead atoms. The number of fused-ring (bicyclic) bond motifs is 2. The molecule has 4 nitrogen and oxygen atoms in total. The van der Waals surface area contributed by atoms with Crippen molar-refractivity contribution in [2.24, 2.45) is 5.92 Å². The van der Waals surface area contributed by atoms with Gasteiger partial charge in [0.1, 0.15) is 0 Å². The molecule has 0 saturated carbocycles. The molecule has 1 amide bonds. The molecule has 2 fully saturated rings. The summed E-state index contributed by atoms with van der Waals surface area (Å²) in [5.41, 5.74) is 4.90. The molecule has 0 radical (unpaired) electrons. The molecular formula is C19H25Cl2N3O. The van der Waals surface area contributed by atoms with Gasteiger partial charge in [0.2, 0.25) is 0 Å². The van der Waals surface area contributed by atoms with Crippen molar-refractivity contribution in [2.75, 3.05) is 19.6 Å². The fourth-order valence-electron chi connectivity index (χ4n) is 4.12. The van der Waals surface area contributed by atoms with Gasteiger partial charge >= 0.3 is 0 Å². The van der Waals surface area contributed by atoms with E-state index in [1.807, 2.05) is 19.9 Å². The zero-order chi connectivity index (χ0) is 16.1. The molecule has 3 heterocycles. The standard InChI is InChI=1S/C19H23N3O.2ClH/c1-11-4-5-16-15(8-11)18(12(2)13(3)21-16)19(23)22-7-6-14-9-20-10-17(14)22;;/h4-5,8,14,17,20H,6-7,9-10H2,1-3H3;2*1H/t14-,17+;;/m0../s1. The van der Waals surface area contributed by atoms with Crippen molar-refractivity contribution in [1.82, 2.24) is 15.2 Å². The maximum atomic E-state index is 13.4. The summed E-state index contributed by atoms with van der Waals surface area (Å²) >= 11 is 0. The van der Waals surface area contributed by atoms with Crippen LogP contribution in [0.25, 0.3) is 10.9 Å². The van der Waals surface area contributed by atoms with Gasteiger partial charge in [-0.3, -0.25) is 9.78 Å². The van der Waals surface area contributed by atoms with Crippen molar-refractivity contribution < 1.29 is 4.79 Å². The predicted molar refractivity (Wildman–Crippen MR) is 106 cm³/mol. The van der Waals surface area contributed by atoms with E-state index in [9.17, 15) is 4.79 Å². The molecular weight excluding hydrogens is 357 g/mol. The van der Waals surface area contributed by atoms with Gasteiger partial charge in [-0.25, -0.2) is 0 Å². The zero-order valence-corrected chi connectivity index (χ0v) is 16.5. The highest BCUT2D eigenvalue weighted by atomic mass is 35.5. The Bertz CT molecular complexity index is 809. The number of carbonyl (C=O) groups is 1. The molecule has 2 aliphatic rings. The van der Waals surface area contributed by atoms with Crippen molar-refractivity contribution in [3.05, 3.63) is 40.6 Å². The molecule has 1 aromatic carbocycles. The number of aryl methyl sites for hydroxylation is 2. The molecule has 25 heavy (non-hydrogen) atoms. The van der Waals surface area contributed by atoms with E-state index >= 15 is 0 Å². The molecule has 0 unspecified atom stereocenters. The second-order valence-electron chi connectivity index (χ2n) is 6.99.